The highest BCUT2D eigenvalue weighted by molar-refractivity contribution is 5.16. The summed E-state index contributed by atoms with van der Waals surface area (Å²) < 4.78 is 12.7. The summed E-state index contributed by atoms with van der Waals surface area (Å²) in [5.41, 5.74) is 1.10. The van der Waals surface area contributed by atoms with E-state index in [0.29, 0.717) is 11.8 Å². The lowest BCUT2D eigenvalue weighted by molar-refractivity contribution is 0.167. The number of aliphatic hydroxyl groups excluding tert-OH is 1. The Morgan fingerprint density at radius 1 is 1.06 bits per heavy atom. The molecular formula is C14H21FO. The quantitative estimate of drug-likeness (QED) is 0.785. The second kappa shape index (κ2) is 6.64. The van der Waals surface area contributed by atoms with Crippen LogP contribution in [0.1, 0.15) is 32.3 Å². The fraction of sp³-hybridized carbons (Fsp3) is 0.571. The Morgan fingerprint density at radius 3 is 2.06 bits per heavy atom. The van der Waals surface area contributed by atoms with E-state index < -0.39 is 0 Å². The lowest BCUT2D eigenvalue weighted by atomic mass is 9.84. The van der Waals surface area contributed by atoms with Gasteiger partial charge in [0, 0.05) is 6.61 Å². The first kappa shape index (κ1) is 13.2. The summed E-state index contributed by atoms with van der Waals surface area (Å²) in [4.78, 5) is 0. The Hall–Kier alpha value is -0.890. The zero-order valence-electron chi connectivity index (χ0n) is 10.1. The molecule has 0 fully saturated rings. The van der Waals surface area contributed by atoms with Crippen molar-refractivity contribution in [1.82, 2.24) is 0 Å². The fourth-order valence-electron chi connectivity index (χ4n) is 2.26. The third kappa shape index (κ3) is 3.60. The van der Waals surface area contributed by atoms with Crippen LogP contribution in [0.4, 0.5) is 4.39 Å². The number of rotatable bonds is 6. The summed E-state index contributed by atoms with van der Waals surface area (Å²) in [5.74, 6) is 0.641. The van der Waals surface area contributed by atoms with Crippen LogP contribution in [-0.2, 0) is 6.42 Å². The summed E-state index contributed by atoms with van der Waals surface area (Å²) in [6.07, 6.45) is 3.01. The highest BCUT2D eigenvalue weighted by Gasteiger charge is 2.17. The molecule has 0 saturated carbocycles. The van der Waals surface area contributed by atoms with Crippen LogP contribution in [0.5, 0.6) is 0 Å². The first-order chi connectivity index (χ1) is 7.71. The molecule has 1 nitrogen and oxygen atoms in total. The molecule has 0 spiro atoms. The second-order valence-electron chi connectivity index (χ2n) is 4.35. The van der Waals surface area contributed by atoms with E-state index in [1.54, 1.807) is 12.1 Å². The third-order valence-corrected chi connectivity index (χ3v) is 3.36. The van der Waals surface area contributed by atoms with Crippen molar-refractivity contribution in [3.8, 4) is 0 Å². The Labute approximate surface area is 97.3 Å². The third-order valence-electron chi connectivity index (χ3n) is 3.36. The van der Waals surface area contributed by atoms with Crippen molar-refractivity contribution in [3.05, 3.63) is 35.6 Å². The Morgan fingerprint density at radius 2 is 1.62 bits per heavy atom. The van der Waals surface area contributed by atoms with E-state index in [-0.39, 0.29) is 12.4 Å². The Kier molecular flexibility index (Phi) is 5.47. The van der Waals surface area contributed by atoms with Crippen LogP contribution in [0.2, 0.25) is 0 Å². The summed E-state index contributed by atoms with van der Waals surface area (Å²) >= 11 is 0. The van der Waals surface area contributed by atoms with Crippen LogP contribution in [-0.4, -0.2) is 11.7 Å². The van der Waals surface area contributed by atoms with Gasteiger partial charge in [0.05, 0.1) is 0 Å². The predicted molar refractivity (Wildman–Crippen MR) is 64.8 cm³/mol. The van der Waals surface area contributed by atoms with E-state index >= 15 is 0 Å². The molecule has 2 heteroatoms. The van der Waals surface area contributed by atoms with Crippen molar-refractivity contribution in [1.29, 1.82) is 0 Å². The van der Waals surface area contributed by atoms with Crippen LogP contribution in [0, 0.1) is 17.7 Å². The molecule has 0 aliphatic rings. The highest BCUT2D eigenvalue weighted by Crippen LogP contribution is 2.23. The smallest absolute Gasteiger partial charge is 0.123 e. The van der Waals surface area contributed by atoms with Gasteiger partial charge in [-0.1, -0.05) is 38.8 Å². The molecule has 0 aromatic heterocycles. The van der Waals surface area contributed by atoms with Gasteiger partial charge < -0.3 is 5.11 Å². The lowest BCUT2D eigenvalue weighted by Crippen LogP contribution is -2.20. The van der Waals surface area contributed by atoms with Crippen LogP contribution >= 0.6 is 0 Å². The highest BCUT2D eigenvalue weighted by atomic mass is 19.1. The minimum atomic E-state index is -0.202. The largest absolute Gasteiger partial charge is 0.396 e. The summed E-state index contributed by atoms with van der Waals surface area (Å²) in [5, 5.41) is 9.40. The van der Waals surface area contributed by atoms with Crippen molar-refractivity contribution >= 4 is 0 Å². The first-order valence-corrected chi connectivity index (χ1v) is 6.06. The van der Waals surface area contributed by atoms with Gasteiger partial charge >= 0.3 is 0 Å². The number of hydrogen-bond donors (Lipinski definition) is 1. The molecule has 1 aromatic carbocycles. The molecule has 0 bridgehead atoms. The molecule has 1 atom stereocenters. The van der Waals surface area contributed by atoms with Gasteiger partial charge in [-0.15, -0.1) is 0 Å². The van der Waals surface area contributed by atoms with Crippen LogP contribution in [0.15, 0.2) is 24.3 Å². The van der Waals surface area contributed by atoms with E-state index in [1.165, 1.54) is 12.1 Å². The molecule has 0 saturated heterocycles. The van der Waals surface area contributed by atoms with Crippen molar-refractivity contribution in [2.24, 2.45) is 11.8 Å². The van der Waals surface area contributed by atoms with Gasteiger partial charge in [0.25, 0.3) is 0 Å². The fourth-order valence-corrected chi connectivity index (χ4v) is 2.26. The van der Waals surface area contributed by atoms with Gasteiger partial charge in [0.15, 0.2) is 0 Å². The summed E-state index contributed by atoms with van der Waals surface area (Å²) in [6, 6.07) is 6.58. The van der Waals surface area contributed by atoms with Crippen molar-refractivity contribution in [2.75, 3.05) is 6.61 Å². The molecule has 1 unspecified atom stereocenters. The zero-order chi connectivity index (χ0) is 12.0. The van der Waals surface area contributed by atoms with E-state index in [0.717, 1.165) is 24.8 Å². The average molecular weight is 224 g/mol. The molecule has 1 aromatic rings. The number of aliphatic hydroxyl groups is 1. The topological polar surface area (TPSA) is 20.2 Å². The molecule has 0 aliphatic heterocycles. The van der Waals surface area contributed by atoms with Gasteiger partial charge in [-0.3, -0.25) is 0 Å². The molecule has 1 N–H and O–H groups in total. The normalized spacial score (nSPS) is 13.1. The SMILES string of the molecule is CCC(CC)C(CO)Cc1ccc(F)cc1. The van der Waals surface area contributed by atoms with Crippen molar-refractivity contribution < 1.29 is 9.50 Å². The molecule has 0 radical (unpaired) electrons. The molecule has 0 aliphatic carbocycles. The second-order valence-corrected chi connectivity index (χ2v) is 4.35. The molecule has 0 heterocycles. The van der Waals surface area contributed by atoms with Gasteiger partial charge in [-0.2, -0.15) is 0 Å². The average Bonchev–Trinajstić information content (AvgIpc) is 2.32. The van der Waals surface area contributed by atoms with Crippen LogP contribution in [0.25, 0.3) is 0 Å². The Bertz CT molecular complexity index is 290. The standard InChI is InChI=1S/C14H21FO/c1-3-12(4-2)13(10-16)9-11-5-7-14(15)8-6-11/h5-8,12-13,16H,3-4,9-10H2,1-2H3. The molecule has 0 amide bonds. The van der Waals surface area contributed by atoms with E-state index in [2.05, 4.69) is 13.8 Å². The summed E-state index contributed by atoms with van der Waals surface area (Å²) in [7, 11) is 0. The van der Waals surface area contributed by atoms with Crippen molar-refractivity contribution in [3.63, 3.8) is 0 Å². The van der Waals surface area contributed by atoms with Crippen LogP contribution < -0.4 is 0 Å². The van der Waals surface area contributed by atoms with Gasteiger partial charge in [-0.25, -0.2) is 4.39 Å². The molecule has 90 valence electrons. The molecule has 16 heavy (non-hydrogen) atoms. The maximum atomic E-state index is 12.7. The van der Waals surface area contributed by atoms with E-state index in [9.17, 15) is 9.50 Å². The van der Waals surface area contributed by atoms with Crippen molar-refractivity contribution in [2.45, 2.75) is 33.1 Å². The molecular weight excluding hydrogens is 203 g/mol. The minimum absolute atomic E-state index is 0.202. The van der Waals surface area contributed by atoms with Gasteiger partial charge in [0.1, 0.15) is 5.82 Å². The number of halogens is 1. The van der Waals surface area contributed by atoms with Crippen LogP contribution in [0.3, 0.4) is 0 Å². The van der Waals surface area contributed by atoms with Gasteiger partial charge in [0.2, 0.25) is 0 Å². The lowest BCUT2D eigenvalue weighted by Gasteiger charge is -2.23. The Balaban J connectivity index is 2.65. The molecule has 1 rings (SSSR count). The van der Waals surface area contributed by atoms with Gasteiger partial charge in [-0.05, 0) is 36.0 Å². The predicted octanol–water partition coefficient (Wildman–Crippen LogP) is 3.41. The number of benzene rings is 1. The zero-order valence-corrected chi connectivity index (χ0v) is 10.1. The summed E-state index contributed by atoms with van der Waals surface area (Å²) in [6.45, 7) is 4.52. The number of hydrogen-bond acceptors (Lipinski definition) is 1. The maximum absolute atomic E-state index is 12.7. The minimum Gasteiger partial charge on any atom is -0.396 e. The monoisotopic (exact) mass is 224 g/mol. The maximum Gasteiger partial charge on any atom is 0.123 e. The first-order valence-electron chi connectivity index (χ1n) is 6.06. The van der Waals surface area contributed by atoms with E-state index in [4.69, 9.17) is 0 Å². The van der Waals surface area contributed by atoms with E-state index in [1.807, 2.05) is 0 Å².